The van der Waals surface area contributed by atoms with Crippen LogP contribution in [0.25, 0.3) is 0 Å². The van der Waals surface area contributed by atoms with Crippen LogP contribution in [-0.4, -0.2) is 6.29 Å². The van der Waals surface area contributed by atoms with E-state index in [1.54, 1.807) is 6.07 Å². The third-order valence-corrected chi connectivity index (χ3v) is 2.89. The third kappa shape index (κ3) is 3.17. The molecule has 2 aromatic carbocycles. The number of hydrogen-bond donors (Lipinski definition) is 0. The molecule has 0 aromatic heterocycles. The Morgan fingerprint density at radius 3 is 2.72 bits per heavy atom. The Morgan fingerprint density at radius 1 is 1.22 bits per heavy atom. The molecule has 0 aliphatic carbocycles. The van der Waals surface area contributed by atoms with E-state index in [1.165, 1.54) is 12.1 Å². The molecule has 0 fully saturated rings. The van der Waals surface area contributed by atoms with Crippen molar-refractivity contribution >= 4 is 22.2 Å². The summed E-state index contributed by atoms with van der Waals surface area (Å²) >= 11 is 3.36. The van der Waals surface area contributed by atoms with Crippen molar-refractivity contribution in [3.8, 4) is 5.75 Å². The number of ether oxygens (including phenoxy) is 1. The minimum Gasteiger partial charge on any atom is -0.489 e. The Balaban J connectivity index is 2.06. The van der Waals surface area contributed by atoms with Crippen molar-refractivity contribution in [3.63, 3.8) is 0 Å². The minimum atomic E-state index is -0.572. The molecule has 0 saturated carbocycles. The third-order valence-electron chi connectivity index (χ3n) is 2.39. The Hall–Kier alpha value is -1.68. The maximum atomic E-state index is 13.3. The lowest BCUT2D eigenvalue weighted by molar-refractivity contribution is 0.111. The summed E-state index contributed by atoms with van der Waals surface area (Å²) in [6, 6.07) is 11.9. The van der Waals surface area contributed by atoms with Crippen LogP contribution < -0.4 is 4.74 Å². The summed E-state index contributed by atoms with van der Waals surface area (Å²) in [6.45, 7) is 0.347. The molecule has 2 aromatic rings. The first-order valence-electron chi connectivity index (χ1n) is 5.31. The second-order valence-corrected chi connectivity index (χ2v) is 4.64. The van der Waals surface area contributed by atoms with Crippen molar-refractivity contribution < 1.29 is 13.9 Å². The molecule has 0 bridgehead atoms. The fourth-order valence-electron chi connectivity index (χ4n) is 1.49. The van der Waals surface area contributed by atoms with Gasteiger partial charge < -0.3 is 4.74 Å². The van der Waals surface area contributed by atoms with Gasteiger partial charge in [-0.25, -0.2) is 4.39 Å². The van der Waals surface area contributed by atoms with Gasteiger partial charge in [0.05, 0.1) is 5.56 Å². The fourth-order valence-corrected chi connectivity index (χ4v) is 1.93. The molecular formula is C14H10BrFO2. The molecule has 18 heavy (non-hydrogen) atoms. The first-order chi connectivity index (χ1) is 8.69. The van der Waals surface area contributed by atoms with Gasteiger partial charge in [-0.2, -0.15) is 0 Å². The quantitative estimate of drug-likeness (QED) is 0.799. The van der Waals surface area contributed by atoms with Gasteiger partial charge in [-0.05, 0) is 29.8 Å². The van der Waals surface area contributed by atoms with Crippen LogP contribution in [0.2, 0.25) is 0 Å². The van der Waals surface area contributed by atoms with Gasteiger partial charge in [0.1, 0.15) is 18.2 Å². The van der Waals surface area contributed by atoms with Crippen LogP contribution in [0.1, 0.15) is 15.9 Å². The normalized spacial score (nSPS) is 10.1. The maximum absolute atomic E-state index is 13.3. The minimum absolute atomic E-state index is 0.0322. The van der Waals surface area contributed by atoms with E-state index >= 15 is 0 Å². The highest BCUT2D eigenvalue weighted by Crippen LogP contribution is 2.18. The van der Waals surface area contributed by atoms with Gasteiger partial charge in [0.2, 0.25) is 0 Å². The number of rotatable bonds is 4. The smallest absolute Gasteiger partial charge is 0.152 e. The van der Waals surface area contributed by atoms with Crippen molar-refractivity contribution in [2.45, 2.75) is 6.61 Å². The monoisotopic (exact) mass is 308 g/mol. The van der Waals surface area contributed by atoms with Crippen molar-refractivity contribution in [1.29, 1.82) is 0 Å². The lowest BCUT2D eigenvalue weighted by Gasteiger charge is -2.07. The summed E-state index contributed by atoms with van der Waals surface area (Å²) in [5.74, 6) is -0.171. The van der Waals surface area contributed by atoms with Crippen LogP contribution in [0.5, 0.6) is 5.75 Å². The van der Waals surface area contributed by atoms with Gasteiger partial charge in [0.15, 0.2) is 6.29 Å². The molecule has 2 rings (SSSR count). The van der Waals surface area contributed by atoms with Crippen LogP contribution in [0.3, 0.4) is 0 Å². The van der Waals surface area contributed by atoms with Crippen LogP contribution in [0.4, 0.5) is 4.39 Å². The van der Waals surface area contributed by atoms with Crippen LogP contribution in [0.15, 0.2) is 46.9 Å². The van der Waals surface area contributed by atoms with E-state index in [9.17, 15) is 9.18 Å². The van der Waals surface area contributed by atoms with Gasteiger partial charge in [-0.1, -0.05) is 28.1 Å². The molecule has 0 unspecified atom stereocenters. The SMILES string of the molecule is O=Cc1ccc(OCc2cccc(Br)c2)cc1F. The van der Waals surface area contributed by atoms with E-state index in [-0.39, 0.29) is 5.56 Å². The summed E-state index contributed by atoms with van der Waals surface area (Å²) in [7, 11) is 0. The lowest BCUT2D eigenvalue weighted by atomic mass is 10.2. The zero-order chi connectivity index (χ0) is 13.0. The highest BCUT2D eigenvalue weighted by atomic mass is 79.9. The van der Waals surface area contributed by atoms with Crippen molar-refractivity contribution in [3.05, 3.63) is 63.9 Å². The Kier molecular flexibility index (Phi) is 4.10. The fraction of sp³-hybridized carbons (Fsp3) is 0.0714. The number of aldehydes is 1. The molecular weight excluding hydrogens is 299 g/mol. The summed E-state index contributed by atoms with van der Waals surface area (Å²) in [4.78, 5) is 10.5. The molecule has 0 atom stereocenters. The summed E-state index contributed by atoms with van der Waals surface area (Å²) in [5, 5.41) is 0. The van der Waals surface area contributed by atoms with Crippen molar-refractivity contribution in [1.82, 2.24) is 0 Å². The zero-order valence-corrected chi connectivity index (χ0v) is 11.0. The Bertz CT molecular complexity index is 569. The Labute approximate surface area is 113 Å². The Morgan fingerprint density at radius 2 is 2.06 bits per heavy atom. The van der Waals surface area contributed by atoms with E-state index in [2.05, 4.69) is 15.9 Å². The standard InChI is InChI=1S/C14H10BrFO2/c15-12-3-1-2-10(6-12)9-18-13-5-4-11(8-17)14(16)7-13/h1-8H,9H2. The summed E-state index contributed by atoms with van der Waals surface area (Å²) in [5.41, 5.74) is 1.01. The number of hydrogen-bond acceptors (Lipinski definition) is 2. The van der Waals surface area contributed by atoms with Gasteiger partial charge in [0, 0.05) is 10.5 Å². The van der Waals surface area contributed by atoms with E-state index in [0.717, 1.165) is 10.0 Å². The van der Waals surface area contributed by atoms with Gasteiger partial charge in [-0.3, -0.25) is 4.79 Å². The van der Waals surface area contributed by atoms with E-state index in [4.69, 9.17) is 4.74 Å². The highest BCUT2D eigenvalue weighted by molar-refractivity contribution is 9.10. The predicted molar refractivity (Wildman–Crippen MR) is 70.3 cm³/mol. The molecule has 0 aliphatic heterocycles. The molecule has 0 spiro atoms. The first kappa shape index (κ1) is 12.8. The lowest BCUT2D eigenvalue weighted by Crippen LogP contribution is -1.97. The van der Waals surface area contributed by atoms with E-state index < -0.39 is 5.82 Å². The van der Waals surface area contributed by atoms with E-state index in [1.807, 2.05) is 24.3 Å². The number of benzene rings is 2. The molecule has 0 saturated heterocycles. The van der Waals surface area contributed by atoms with Crippen molar-refractivity contribution in [2.75, 3.05) is 0 Å². The molecule has 0 amide bonds. The van der Waals surface area contributed by atoms with Gasteiger partial charge in [0.25, 0.3) is 0 Å². The average molecular weight is 309 g/mol. The molecule has 2 nitrogen and oxygen atoms in total. The summed E-state index contributed by atoms with van der Waals surface area (Å²) in [6.07, 6.45) is 0.480. The molecule has 92 valence electrons. The van der Waals surface area contributed by atoms with Crippen LogP contribution >= 0.6 is 15.9 Å². The first-order valence-corrected chi connectivity index (χ1v) is 6.10. The predicted octanol–water partition coefficient (Wildman–Crippen LogP) is 3.98. The number of halogens is 2. The largest absolute Gasteiger partial charge is 0.489 e. The second kappa shape index (κ2) is 5.78. The van der Waals surface area contributed by atoms with Crippen LogP contribution in [-0.2, 0) is 6.61 Å². The van der Waals surface area contributed by atoms with Crippen molar-refractivity contribution in [2.24, 2.45) is 0 Å². The summed E-state index contributed by atoms with van der Waals surface area (Å²) < 4.78 is 19.7. The molecule has 0 aliphatic rings. The van der Waals surface area contributed by atoms with Crippen LogP contribution in [0, 0.1) is 5.82 Å². The second-order valence-electron chi connectivity index (χ2n) is 3.72. The van der Waals surface area contributed by atoms with Gasteiger partial charge in [-0.15, -0.1) is 0 Å². The van der Waals surface area contributed by atoms with Gasteiger partial charge >= 0.3 is 0 Å². The average Bonchev–Trinajstić information content (AvgIpc) is 2.37. The molecule has 4 heteroatoms. The number of carbonyl (C=O) groups excluding carboxylic acids is 1. The topological polar surface area (TPSA) is 26.3 Å². The van der Waals surface area contributed by atoms with E-state index in [0.29, 0.717) is 18.6 Å². The molecule has 0 heterocycles. The number of carbonyl (C=O) groups is 1. The maximum Gasteiger partial charge on any atom is 0.152 e. The highest BCUT2D eigenvalue weighted by Gasteiger charge is 2.03. The molecule has 0 radical (unpaired) electrons. The zero-order valence-electron chi connectivity index (χ0n) is 9.40. The molecule has 0 N–H and O–H groups in total.